The van der Waals surface area contributed by atoms with Crippen molar-refractivity contribution in [1.82, 2.24) is 0 Å². The minimum Gasteiger partial charge on any atom is -0.495 e. The Balaban J connectivity index is 1.95. The number of anilines is 1. The van der Waals surface area contributed by atoms with Gasteiger partial charge in [-0.15, -0.1) is 0 Å². The molecule has 2 amide bonds. The fraction of sp³-hybridized carbons (Fsp3) is 0.240. The van der Waals surface area contributed by atoms with E-state index in [-0.39, 0.29) is 29.0 Å². The molecule has 0 aromatic heterocycles. The highest BCUT2D eigenvalue weighted by molar-refractivity contribution is 6.38. The molecule has 1 N–H and O–H groups in total. The Hall–Kier alpha value is -4.07. The Morgan fingerprint density at radius 2 is 1.45 bits per heavy atom. The molecule has 8 nitrogen and oxygen atoms in total. The second kappa shape index (κ2) is 8.82. The number of benzene rings is 3. The van der Waals surface area contributed by atoms with Gasteiger partial charge in [0.2, 0.25) is 0 Å². The lowest BCUT2D eigenvalue weighted by molar-refractivity contribution is -0.136. The van der Waals surface area contributed by atoms with Crippen molar-refractivity contribution in [1.29, 1.82) is 0 Å². The average Bonchev–Trinajstić information content (AvgIpc) is 3.05. The van der Waals surface area contributed by atoms with Crippen LogP contribution in [0.4, 0.5) is 5.69 Å². The predicted octanol–water partition coefficient (Wildman–Crippen LogP) is 4.07. The summed E-state index contributed by atoms with van der Waals surface area (Å²) in [4.78, 5) is 39.4. The van der Waals surface area contributed by atoms with E-state index in [1.807, 2.05) is 24.3 Å². The van der Waals surface area contributed by atoms with Crippen molar-refractivity contribution >= 4 is 34.2 Å². The van der Waals surface area contributed by atoms with Crippen LogP contribution in [0.3, 0.4) is 0 Å². The molecule has 0 aliphatic carbocycles. The molecule has 33 heavy (non-hydrogen) atoms. The van der Waals surface area contributed by atoms with Gasteiger partial charge in [0.25, 0.3) is 11.8 Å². The normalized spacial score (nSPS) is 12.8. The Kier molecular flexibility index (Phi) is 5.91. The highest BCUT2D eigenvalue weighted by Gasteiger charge is 2.44. The predicted molar refractivity (Wildman–Crippen MR) is 122 cm³/mol. The van der Waals surface area contributed by atoms with Crippen LogP contribution in [0.5, 0.6) is 17.2 Å². The van der Waals surface area contributed by atoms with E-state index in [2.05, 4.69) is 0 Å². The molecule has 1 heterocycles. The van der Waals surface area contributed by atoms with Gasteiger partial charge < -0.3 is 19.3 Å². The van der Waals surface area contributed by atoms with Gasteiger partial charge in [0.05, 0.1) is 43.6 Å². The van der Waals surface area contributed by atoms with Crippen LogP contribution in [-0.2, 0) is 11.2 Å². The molecular formula is C25H23NO7. The molecule has 0 radical (unpaired) electrons. The Morgan fingerprint density at radius 1 is 0.909 bits per heavy atom. The van der Waals surface area contributed by atoms with Gasteiger partial charge in [-0.25, -0.2) is 4.90 Å². The largest absolute Gasteiger partial charge is 0.495 e. The zero-order valence-corrected chi connectivity index (χ0v) is 18.5. The molecule has 8 heteroatoms. The first-order valence-electron chi connectivity index (χ1n) is 10.5. The van der Waals surface area contributed by atoms with E-state index in [0.717, 1.165) is 4.90 Å². The number of nitrogens with zero attached hydrogens (tertiary/aromatic N) is 1. The molecule has 0 bridgehead atoms. The minimum atomic E-state index is -1.00. The summed E-state index contributed by atoms with van der Waals surface area (Å²) in [6, 6.07) is 11.9. The summed E-state index contributed by atoms with van der Waals surface area (Å²) >= 11 is 0. The number of carbonyl (C=O) groups is 3. The highest BCUT2D eigenvalue weighted by atomic mass is 16.5. The van der Waals surface area contributed by atoms with Gasteiger partial charge >= 0.3 is 5.97 Å². The molecular weight excluding hydrogens is 426 g/mol. The third kappa shape index (κ3) is 3.63. The van der Waals surface area contributed by atoms with Crippen LogP contribution < -0.4 is 19.1 Å². The lowest BCUT2D eigenvalue weighted by Crippen LogP contribution is -2.30. The maximum Gasteiger partial charge on any atom is 0.307 e. The van der Waals surface area contributed by atoms with Gasteiger partial charge in [-0.3, -0.25) is 14.4 Å². The lowest BCUT2D eigenvalue weighted by Gasteiger charge is -2.18. The lowest BCUT2D eigenvalue weighted by atomic mass is 9.99. The first-order valence-corrected chi connectivity index (χ1v) is 10.5. The second-order valence-corrected chi connectivity index (χ2v) is 7.34. The van der Waals surface area contributed by atoms with Crippen LogP contribution in [0, 0.1) is 0 Å². The zero-order valence-electron chi connectivity index (χ0n) is 18.5. The fourth-order valence-corrected chi connectivity index (χ4v) is 4.10. The van der Waals surface area contributed by atoms with Crippen molar-refractivity contribution in [2.45, 2.75) is 20.3 Å². The van der Waals surface area contributed by atoms with Crippen molar-refractivity contribution in [2.75, 3.05) is 25.2 Å². The molecule has 0 spiro atoms. The van der Waals surface area contributed by atoms with Crippen molar-refractivity contribution in [3.8, 4) is 17.2 Å². The van der Waals surface area contributed by atoms with Gasteiger partial charge in [-0.2, -0.15) is 0 Å². The summed E-state index contributed by atoms with van der Waals surface area (Å²) in [5.74, 6) is -1.25. The van der Waals surface area contributed by atoms with Crippen LogP contribution in [0.15, 0.2) is 42.5 Å². The van der Waals surface area contributed by atoms with Crippen molar-refractivity contribution in [3.63, 3.8) is 0 Å². The van der Waals surface area contributed by atoms with Crippen LogP contribution >= 0.6 is 0 Å². The number of carboxylic acids is 1. The molecule has 0 unspecified atom stereocenters. The fourth-order valence-electron chi connectivity index (χ4n) is 4.10. The highest BCUT2D eigenvalue weighted by Crippen LogP contribution is 2.47. The number of amides is 2. The van der Waals surface area contributed by atoms with Crippen LogP contribution in [0.25, 0.3) is 10.8 Å². The number of hydrogen-bond donors (Lipinski definition) is 1. The number of ether oxygens (including phenoxy) is 3. The van der Waals surface area contributed by atoms with E-state index in [1.54, 1.807) is 19.9 Å². The first kappa shape index (κ1) is 22.1. The van der Waals surface area contributed by atoms with E-state index in [9.17, 15) is 14.4 Å². The number of aliphatic carboxylic acids is 1. The summed E-state index contributed by atoms with van der Waals surface area (Å²) in [7, 11) is 1.40. The van der Waals surface area contributed by atoms with E-state index in [0.29, 0.717) is 41.0 Å². The van der Waals surface area contributed by atoms with Gasteiger partial charge in [-0.05, 0) is 31.5 Å². The number of carboxylic acid groups (broad SMARTS) is 1. The Bertz CT molecular complexity index is 1220. The molecule has 0 atom stereocenters. The quantitative estimate of drug-likeness (QED) is 0.517. The molecule has 4 rings (SSSR count). The van der Waals surface area contributed by atoms with Crippen molar-refractivity contribution < 1.29 is 33.7 Å². The Labute approximate surface area is 190 Å². The SMILES string of the molecule is CCOc1c2c(c(OCC)c3ccccc13)C(=O)N(c1ccc(CC(=O)O)cc1OC)C2=O. The summed E-state index contributed by atoms with van der Waals surface area (Å²) < 4.78 is 17.1. The van der Waals surface area contributed by atoms with E-state index >= 15 is 0 Å². The zero-order chi connectivity index (χ0) is 23.7. The summed E-state index contributed by atoms with van der Waals surface area (Å²) in [5, 5.41) is 10.4. The number of rotatable bonds is 8. The second-order valence-electron chi connectivity index (χ2n) is 7.34. The minimum absolute atomic E-state index is 0.140. The van der Waals surface area contributed by atoms with Gasteiger partial charge in [0, 0.05) is 10.8 Å². The monoisotopic (exact) mass is 449 g/mol. The van der Waals surface area contributed by atoms with E-state index < -0.39 is 17.8 Å². The number of methoxy groups -OCH3 is 1. The maximum atomic E-state index is 13.7. The maximum absolute atomic E-state index is 13.7. The van der Waals surface area contributed by atoms with Gasteiger partial charge in [0.1, 0.15) is 17.2 Å². The van der Waals surface area contributed by atoms with E-state index in [1.165, 1.54) is 19.2 Å². The van der Waals surface area contributed by atoms with Crippen LogP contribution in [0.1, 0.15) is 40.1 Å². The third-order valence-corrected chi connectivity index (χ3v) is 5.37. The molecule has 0 fully saturated rings. The molecule has 0 saturated carbocycles. The topological polar surface area (TPSA) is 102 Å². The first-order chi connectivity index (χ1) is 15.9. The summed E-state index contributed by atoms with van der Waals surface area (Å²) in [6.45, 7) is 4.22. The van der Waals surface area contributed by atoms with Gasteiger partial charge in [0.15, 0.2) is 0 Å². The standard InChI is InChI=1S/C25H23NO7/c1-4-32-22-15-8-6-7-9-16(15)23(33-5-2)21-20(22)24(29)26(25(21)30)17-11-10-14(13-19(27)28)12-18(17)31-3/h6-12H,4-5,13H2,1-3H3,(H,27,28). The number of carbonyl (C=O) groups excluding carboxylic acids is 2. The van der Waals surface area contributed by atoms with Crippen molar-refractivity contribution in [2.24, 2.45) is 0 Å². The Morgan fingerprint density at radius 3 is 1.91 bits per heavy atom. The third-order valence-electron chi connectivity index (χ3n) is 5.37. The molecule has 170 valence electrons. The molecule has 1 aliphatic rings. The van der Waals surface area contributed by atoms with Crippen LogP contribution in [-0.4, -0.2) is 43.2 Å². The summed E-state index contributed by atoms with van der Waals surface area (Å²) in [6.07, 6.45) is -0.215. The van der Waals surface area contributed by atoms with Crippen molar-refractivity contribution in [3.05, 3.63) is 59.2 Å². The molecule has 3 aromatic rings. The summed E-state index contributed by atoms with van der Waals surface area (Å²) in [5.41, 5.74) is 0.976. The van der Waals surface area contributed by atoms with Gasteiger partial charge in [-0.1, -0.05) is 30.3 Å². The average molecular weight is 449 g/mol. The number of fused-ring (bicyclic) bond motifs is 2. The smallest absolute Gasteiger partial charge is 0.307 e. The van der Waals surface area contributed by atoms with E-state index in [4.69, 9.17) is 19.3 Å². The number of imide groups is 1. The van der Waals surface area contributed by atoms with Crippen LogP contribution in [0.2, 0.25) is 0 Å². The molecule has 3 aromatic carbocycles. The number of hydrogen-bond acceptors (Lipinski definition) is 6. The molecule has 1 aliphatic heterocycles. The molecule has 0 saturated heterocycles.